The molecule has 20 heavy (non-hydrogen) atoms. The Morgan fingerprint density at radius 3 is 2.50 bits per heavy atom. The summed E-state index contributed by atoms with van der Waals surface area (Å²) in [6, 6.07) is 2.05. The van der Waals surface area contributed by atoms with Gasteiger partial charge in [0.25, 0.3) is 0 Å². The van der Waals surface area contributed by atoms with Crippen LogP contribution in [-0.2, 0) is 6.54 Å². The van der Waals surface area contributed by atoms with Gasteiger partial charge in [-0.05, 0) is 51.6 Å². The molecule has 1 aliphatic heterocycles. The zero-order chi connectivity index (χ0) is 14.3. The Kier molecular flexibility index (Phi) is 3.59. The van der Waals surface area contributed by atoms with Crippen molar-refractivity contribution < 1.29 is 5.11 Å². The molecule has 2 heterocycles. The normalized spacial score (nSPS) is 21.3. The van der Waals surface area contributed by atoms with Gasteiger partial charge in [-0.25, -0.2) is 0 Å². The van der Waals surface area contributed by atoms with Gasteiger partial charge in [0, 0.05) is 24.3 Å². The molecular weight excluding hydrogens is 252 g/mol. The largest absolute Gasteiger partial charge is 0.503 e. The molecule has 2 fully saturated rings. The number of hydrogen-bond acceptors (Lipinski definition) is 3. The Morgan fingerprint density at radius 2 is 1.90 bits per heavy atom. The van der Waals surface area contributed by atoms with Crippen LogP contribution < -0.4 is 5.43 Å². The second kappa shape index (κ2) is 5.24. The lowest BCUT2D eigenvalue weighted by molar-refractivity contribution is 0.178. The zero-order valence-corrected chi connectivity index (χ0v) is 12.4. The van der Waals surface area contributed by atoms with Crippen LogP contribution in [0.15, 0.2) is 10.9 Å². The Morgan fingerprint density at radius 1 is 1.25 bits per heavy atom. The lowest BCUT2D eigenvalue weighted by Crippen LogP contribution is -2.34. The van der Waals surface area contributed by atoms with E-state index in [2.05, 4.69) is 16.4 Å². The third-order valence-corrected chi connectivity index (χ3v) is 4.68. The Hall–Kier alpha value is -1.29. The highest BCUT2D eigenvalue weighted by Gasteiger charge is 2.29. The highest BCUT2D eigenvalue weighted by molar-refractivity contribution is 5.31. The minimum atomic E-state index is -0.236. The van der Waals surface area contributed by atoms with Gasteiger partial charge in [0.05, 0.1) is 5.69 Å². The first-order valence-corrected chi connectivity index (χ1v) is 7.72. The van der Waals surface area contributed by atoms with Gasteiger partial charge in [0.15, 0.2) is 5.75 Å². The van der Waals surface area contributed by atoms with Gasteiger partial charge in [-0.3, -0.25) is 9.69 Å². The third-order valence-electron chi connectivity index (χ3n) is 4.68. The van der Waals surface area contributed by atoms with Gasteiger partial charge in [0.1, 0.15) is 0 Å². The van der Waals surface area contributed by atoms with Crippen molar-refractivity contribution in [1.29, 1.82) is 0 Å². The van der Waals surface area contributed by atoms with Crippen molar-refractivity contribution in [3.8, 4) is 5.75 Å². The highest BCUT2D eigenvalue weighted by Crippen LogP contribution is 2.38. The maximum Gasteiger partial charge on any atom is 0.223 e. The number of aromatic nitrogens is 1. The molecule has 1 aromatic heterocycles. The molecule has 3 rings (SSSR count). The summed E-state index contributed by atoms with van der Waals surface area (Å²) < 4.78 is 2.19. The summed E-state index contributed by atoms with van der Waals surface area (Å²) in [7, 11) is 0. The molecule has 0 radical (unpaired) electrons. The summed E-state index contributed by atoms with van der Waals surface area (Å²) in [4.78, 5) is 14.2. The molecule has 0 amide bonds. The molecule has 1 aromatic rings. The average molecular weight is 276 g/mol. The molecule has 4 nitrogen and oxygen atoms in total. The fourth-order valence-electron chi connectivity index (χ4n) is 3.22. The first-order chi connectivity index (χ1) is 9.56. The van der Waals surface area contributed by atoms with Crippen molar-refractivity contribution in [3.63, 3.8) is 0 Å². The van der Waals surface area contributed by atoms with Crippen LogP contribution in [0.3, 0.4) is 0 Å². The molecule has 1 saturated carbocycles. The van der Waals surface area contributed by atoms with Gasteiger partial charge in [-0.1, -0.05) is 6.92 Å². The molecule has 4 heteroatoms. The van der Waals surface area contributed by atoms with Crippen molar-refractivity contribution in [2.24, 2.45) is 5.92 Å². The second-order valence-corrected chi connectivity index (χ2v) is 6.51. The standard InChI is InChI=1S/C16H24N2O2/c1-11-5-7-17(8-6-11)10-14-16(20)15(19)9-12(2)18(14)13-3-4-13/h9,11,13,20H,3-8,10H2,1-2H3. The monoisotopic (exact) mass is 276 g/mol. The summed E-state index contributed by atoms with van der Waals surface area (Å²) in [5.74, 6) is 0.754. The van der Waals surface area contributed by atoms with Crippen LogP contribution in [0.1, 0.15) is 50.0 Å². The molecule has 1 aliphatic carbocycles. The molecule has 0 bridgehead atoms. The Balaban J connectivity index is 1.89. The summed E-state index contributed by atoms with van der Waals surface area (Å²) in [6.45, 7) is 7.09. The summed E-state index contributed by atoms with van der Waals surface area (Å²) in [6.07, 6.45) is 4.74. The van der Waals surface area contributed by atoms with E-state index in [0.717, 1.165) is 43.2 Å². The van der Waals surface area contributed by atoms with Gasteiger partial charge in [-0.15, -0.1) is 0 Å². The Bertz CT molecular complexity index is 552. The summed E-state index contributed by atoms with van der Waals surface area (Å²) >= 11 is 0. The number of rotatable bonds is 3. The van der Waals surface area contributed by atoms with Gasteiger partial charge in [0.2, 0.25) is 5.43 Å². The molecule has 1 N–H and O–H groups in total. The predicted octanol–water partition coefficient (Wildman–Crippen LogP) is 2.43. The van der Waals surface area contributed by atoms with Crippen LogP contribution in [0.4, 0.5) is 0 Å². The topological polar surface area (TPSA) is 45.5 Å². The van der Waals surface area contributed by atoms with Crippen LogP contribution in [-0.4, -0.2) is 27.7 Å². The van der Waals surface area contributed by atoms with E-state index in [9.17, 15) is 9.90 Å². The lowest BCUT2D eigenvalue weighted by Gasteiger charge is -2.31. The van der Waals surface area contributed by atoms with E-state index in [1.807, 2.05) is 6.92 Å². The zero-order valence-electron chi connectivity index (χ0n) is 12.4. The van der Waals surface area contributed by atoms with Crippen molar-refractivity contribution in [3.05, 3.63) is 27.7 Å². The molecule has 0 unspecified atom stereocenters. The summed E-state index contributed by atoms with van der Waals surface area (Å²) in [5.41, 5.74) is 1.57. The van der Waals surface area contributed by atoms with E-state index in [4.69, 9.17) is 0 Å². The van der Waals surface area contributed by atoms with E-state index in [1.54, 1.807) is 6.07 Å². The van der Waals surface area contributed by atoms with Crippen molar-refractivity contribution in [2.75, 3.05) is 13.1 Å². The SMILES string of the molecule is Cc1cc(=O)c(O)c(CN2CCC(C)CC2)n1C1CC1. The molecular formula is C16H24N2O2. The van der Waals surface area contributed by atoms with E-state index >= 15 is 0 Å². The lowest BCUT2D eigenvalue weighted by atomic mass is 9.99. The predicted molar refractivity (Wildman–Crippen MR) is 79.0 cm³/mol. The van der Waals surface area contributed by atoms with Gasteiger partial charge in [-0.2, -0.15) is 0 Å². The number of aromatic hydroxyl groups is 1. The van der Waals surface area contributed by atoms with Crippen LogP contribution in [0, 0.1) is 12.8 Å². The average Bonchev–Trinajstić information content (AvgIpc) is 3.22. The first-order valence-electron chi connectivity index (χ1n) is 7.72. The summed E-state index contributed by atoms with van der Waals surface area (Å²) in [5, 5.41) is 10.2. The molecule has 110 valence electrons. The minimum absolute atomic E-state index is 0.0406. The first kappa shape index (κ1) is 13.7. The van der Waals surface area contributed by atoms with Gasteiger partial charge < -0.3 is 9.67 Å². The van der Waals surface area contributed by atoms with E-state index < -0.39 is 0 Å². The van der Waals surface area contributed by atoms with Crippen LogP contribution in [0.25, 0.3) is 0 Å². The van der Waals surface area contributed by atoms with E-state index in [1.165, 1.54) is 12.8 Å². The van der Waals surface area contributed by atoms with Crippen LogP contribution >= 0.6 is 0 Å². The molecule has 2 aliphatic rings. The third kappa shape index (κ3) is 2.62. The minimum Gasteiger partial charge on any atom is -0.503 e. The molecule has 0 aromatic carbocycles. The second-order valence-electron chi connectivity index (χ2n) is 6.51. The maximum atomic E-state index is 11.9. The number of aryl methyl sites for hydroxylation is 1. The number of nitrogens with zero attached hydrogens (tertiary/aromatic N) is 2. The maximum absolute atomic E-state index is 11.9. The van der Waals surface area contributed by atoms with Crippen LogP contribution in [0.5, 0.6) is 5.75 Å². The fraction of sp³-hybridized carbons (Fsp3) is 0.688. The number of likely N-dealkylation sites (tertiary alicyclic amines) is 1. The quantitative estimate of drug-likeness (QED) is 0.922. The van der Waals surface area contributed by atoms with Crippen molar-refractivity contribution >= 4 is 0 Å². The molecule has 1 saturated heterocycles. The Labute approximate surface area is 120 Å². The highest BCUT2D eigenvalue weighted by atomic mass is 16.3. The van der Waals surface area contributed by atoms with Crippen molar-refractivity contribution in [1.82, 2.24) is 9.47 Å². The van der Waals surface area contributed by atoms with Crippen LogP contribution in [0.2, 0.25) is 0 Å². The van der Waals surface area contributed by atoms with Crippen molar-refractivity contribution in [2.45, 2.75) is 52.1 Å². The number of hydrogen-bond donors (Lipinski definition) is 1. The van der Waals surface area contributed by atoms with Gasteiger partial charge >= 0.3 is 0 Å². The van der Waals surface area contributed by atoms with E-state index in [0.29, 0.717) is 12.6 Å². The van der Waals surface area contributed by atoms with E-state index in [-0.39, 0.29) is 11.2 Å². The number of piperidine rings is 1. The number of pyridine rings is 1. The fourth-order valence-corrected chi connectivity index (χ4v) is 3.22. The smallest absolute Gasteiger partial charge is 0.223 e. The molecule has 0 spiro atoms. The molecule has 0 atom stereocenters.